The summed E-state index contributed by atoms with van der Waals surface area (Å²) in [6.45, 7) is 4.00. The van der Waals surface area contributed by atoms with Gasteiger partial charge in [0.05, 0.1) is 14.2 Å². The van der Waals surface area contributed by atoms with E-state index in [0.717, 1.165) is 24.4 Å². The topological polar surface area (TPSA) is 27.7 Å². The number of methoxy groups -OCH3 is 2. The maximum atomic E-state index is 5.15. The van der Waals surface area contributed by atoms with Crippen molar-refractivity contribution in [3.05, 3.63) is 24.0 Å². The Bertz CT molecular complexity index is 151. The van der Waals surface area contributed by atoms with E-state index >= 15 is 0 Å². The second-order valence-electron chi connectivity index (χ2n) is 2.42. The van der Waals surface area contributed by atoms with E-state index < -0.39 is 0 Å². The highest BCUT2D eigenvalue weighted by molar-refractivity contribution is 4.90. The van der Waals surface area contributed by atoms with Crippen molar-refractivity contribution in [3.8, 4) is 0 Å². The Kier molecular flexibility index (Phi) is 6.88. The molecule has 0 saturated carbocycles. The minimum Gasteiger partial charge on any atom is -0.498 e. The van der Waals surface area contributed by atoms with E-state index in [9.17, 15) is 0 Å². The molecule has 76 valence electrons. The van der Waals surface area contributed by atoms with Crippen molar-refractivity contribution in [3.63, 3.8) is 0 Å². The Morgan fingerprint density at radius 2 is 1.31 bits per heavy atom. The fraction of sp³-hybridized carbons (Fsp3) is 0.600. The largest absolute Gasteiger partial charge is 0.498 e. The fourth-order valence-electron chi connectivity index (χ4n) is 0.737. The Morgan fingerprint density at radius 1 is 0.923 bits per heavy atom. The first-order chi connectivity index (χ1) is 6.28. The zero-order valence-electron chi connectivity index (χ0n) is 8.79. The lowest BCUT2D eigenvalue weighted by Crippen LogP contribution is -1.87. The Balaban J connectivity index is 3.99. The van der Waals surface area contributed by atoms with E-state index in [-0.39, 0.29) is 0 Å². The van der Waals surface area contributed by atoms with Gasteiger partial charge in [0.15, 0.2) is 0 Å². The first-order valence-corrected chi connectivity index (χ1v) is 4.39. The number of ether oxygens (including phenoxy) is 3. The average Bonchev–Trinajstić information content (AvgIpc) is 2.19. The molecule has 0 aliphatic rings. The highest BCUT2D eigenvalue weighted by Gasteiger charge is 1.92. The van der Waals surface area contributed by atoms with Crippen LogP contribution in [-0.4, -0.2) is 14.2 Å². The van der Waals surface area contributed by atoms with E-state index in [4.69, 9.17) is 14.2 Å². The molecule has 0 N–H and O–H groups in total. The lowest BCUT2D eigenvalue weighted by molar-refractivity contribution is 0.234. The molecule has 0 unspecified atom stereocenters. The van der Waals surface area contributed by atoms with Crippen LogP contribution in [0.3, 0.4) is 0 Å². The number of rotatable bonds is 6. The summed E-state index contributed by atoms with van der Waals surface area (Å²) in [4.78, 5) is 0. The van der Waals surface area contributed by atoms with E-state index in [1.54, 1.807) is 26.7 Å². The Morgan fingerprint density at radius 3 is 1.54 bits per heavy atom. The summed E-state index contributed by atoms with van der Waals surface area (Å²) in [5.41, 5.74) is 0. The van der Waals surface area contributed by atoms with E-state index in [1.807, 2.05) is 13.8 Å². The predicted molar refractivity (Wildman–Crippen MR) is 51.9 cm³/mol. The van der Waals surface area contributed by atoms with Gasteiger partial charge in [-0.2, -0.15) is 0 Å². The van der Waals surface area contributed by atoms with Gasteiger partial charge in [-0.1, -0.05) is 13.8 Å². The lowest BCUT2D eigenvalue weighted by Gasteiger charge is -2.03. The Hall–Kier alpha value is -1.12. The summed E-state index contributed by atoms with van der Waals surface area (Å²) in [6, 6.07) is 0. The predicted octanol–water partition coefficient (Wildman–Crippen LogP) is 2.80. The molecule has 0 rings (SSSR count). The van der Waals surface area contributed by atoms with Crippen LogP contribution in [0.2, 0.25) is 0 Å². The van der Waals surface area contributed by atoms with Gasteiger partial charge in [0.1, 0.15) is 24.0 Å². The van der Waals surface area contributed by atoms with E-state index in [0.29, 0.717) is 0 Å². The summed E-state index contributed by atoms with van der Waals surface area (Å²) >= 11 is 0. The summed E-state index contributed by atoms with van der Waals surface area (Å²) < 4.78 is 15.2. The molecule has 3 heteroatoms. The van der Waals surface area contributed by atoms with Crippen molar-refractivity contribution in [2.75, 3.05) is 14.2 Å². The van der Waals surface area contributed by atoms with Crippen molar-refractivity contribution < 1.29 is 14.2 Å². The smallest absolute Gasteiger partial charge is 0.130 e. The maximum absolute atomic E-state index is 5.15. The molecule has 0 radical (unpaired) electrons. The zero-order valence-corrected chi connectivity index (χ0v) is 8.79. The van der Waals surface area contributed by atoms with Gasteiger partial charge in [-0.15, -0.1) is 0 Å². The minimum atomic E-state index is 0.808. The molecular formula is C10H18O3. The summed E-state index contributed by atoms with van der Waals surface area (Å²) in [7, 11) is 3.25. The maximum Gasteiger partial charge on any atom is 0.130 e. The van der Waals surface area contributed by atoms with E-state index in [2.05, 4.69) is 0 Å². The van der Waals surface area contributed by atoms with Crippen LogP contribution in [0.25, 0.3) is 0 Å². The van der Waals surface area contributed by atoms with Crippen molar-refractivity contribution in [2.24, 2.45) is 0 Å². The molecule has 0 spiro atoms. The Labute approximate surface area is 80.0 Å². The number of allylic oxidation sites excluding steroid dienone is 2. The first-order valence-electron chi connectivity index (χ1n) is 4.39. The number of hydrogen-bond acceptors (Lipinski definition) is 3. The molecule has 3 nitrogen and oxygen atoms in total. The van der Waals surface area contributed by atoms with Crippen molar-refractivity contribution in [2.45, 2.75) is 26.7 Å². The molecule has 0 heterocycles. The highest BCUT2D eigenvalue weighted by atomic mass is 16.5. The van der Waals surface area contributed by atoms with Gasteiger partial charge in [0, 0.05) is 12.8 Å². The van der Waals surface area contributed by atoms with Crippen molar-refractivity contribution in [1.82, 2.24) is 0 Å². The third-order valence-corrected chi connectivity index (χ3v) is 1.62. The van der Waals surface area contributed by atoms with Crippen molar-refractivity contribution >= 4 is 0 Å². The van der Waals surface area contributed by atoms with Crippen LogP contribution >= 0.6 is 0 Å². The monoisotopic (exact) mass is 186 g/mol. The summed E-state index contributed by atoms with van der Waals surface area (Å²) in [6.07, 6.45) is 4.79. The highest BCUT2D eigenvalue weighted by Crippen LogP contribution is 2.04. The third-order valence-electron chi connectivity index (χ3n) is 1.62. The average molecular weight is 186 g/mol. The molecule has 0 bridgehead atoms. The van der Waals surface area contributed by atoms with Gasteiger partial charge in [-0.25, -0.2) is 0 Å². The van der Waals surface area contributed by atoms with Crippen LogP contribution in [0.15, 0.2) is 24.0 Å². The first kappa shape index (κ1) is 11.9. The second kappa shape index (κ2) is 7.53. The third kappa shape index (κ3) is 5.17. The molecule has 0 aromatic heterocycles. The molecule has 0 amide bonds. The van der Waals surface area contributed by atoms with Crippen LogP contribution in [0.5, 0.6) is 0 Å². The van der Waals surface area contributed by atoms with Crippen LogP contribution in [-0.2, 0) is 14.2 Å². The van der Waals surface area contributed by atoms with Crippen molar-refractivity contribution in [1.29, 1.82) is 0 Å². The molecule has 0 aliphatic heterocycles. The lowest BCUT2D eigenvalue weighted by atomic mass is 10.4. The van der Waals surface area contributed by atoms with Gasteiger partial charge < -0.3 is 14.2 Å². The van der Waals surface area contributed by atoms with Crippen LogP contribution in [0, 0.1) is 0 Å². The van der Waals surface area contributed by atoms with Gasteiger partial charge in [0.2, 0.25) is 0 Å². The standard InChI is InChI=1S/C10H18O3/c1-5-9(11-3)7-13-8-10(6-2)12-4/h7-8H,5-6H2,1-4H3. The van der Waals surface area contributed by atoms with Crippen LogP contribution in [0.1, 0.15) is 26.7 Å². The van der Waals surface area contributed by atoms with Gasteiger partial charge in [-0.05, 0) is 0 Å². The molecule has 0 aliphatic carbocycles. The normalized spacial score (nSPS) is 12.6. The van der Waals surface area contributed by atoms with Crippen LogP contribution < -0.4 is 0 Å². The summed E-state index contributed by atoms with van der Waals surface area (Å²) in [5.74, 6) is 1.62. The SMILES string of the molecule is CCC(=COC=C(CC)OC)OC. The second-order valence-corrected chi connectivity index (χ2v) is 2.42. The quantitative estimate of drug-likeness (QED) is 0.597. The van der Waals surface area contributed by atoms with E-state index in [1.165, 1.54) is 0 Å². The summed E-state index contributed by atoms with van der Waals surface area (Å²) in [5, 5.41) is 0. The molecular weight excluding hydrogens is 168 g/mol. The fourth-order valence-corrected chi connectivity index (χ4v) is 0.737. The molecule has 13 heavy (non-hydrogen) atoms. The molecule has 0 aromatic rings. The molecule has 0 aromatic carbocycles. The zero-order chi connectivity index (χ0) is 10.1. The molecule has 0 saturated heterocycles. The van der Waals surface area contributed by atoms with Gasteiger partial charge >= 0.3 is 0 Å². The van der Waals surface area contributed by atoms with Gasteiger partial charge in [0.25, 0.3) is 0 Å². The molecule has 0 atom stereocenters. The van der Waals surface area contributed by atoms with Crippen LogP contribution in [0.4, 0.5) is 0 Å². The molecule has 0 fully saturated rings. The minimum absolute atomic E-state index is 0.808. The number of hydrogen-bond donors (Lipinski definition) is 0. The van der Waals surface area contributed by atoms with Gasteiger partial charge in [-0.3, -0.25) is 0 Å².